The number of hydrogen-bond donors (Lipinski definition) is 0. The van der Waals surface area contributed by atoms with E-state index in [1.54, 1.807) is 14.2 Å². The van der Waals surface area contributed by atoms with Crippen LogP contribution in [0.1, 0.15) is 33.9 Å². The average Bonchev–Trinajstić information content (AvgIpc) is 2.94. The van der Waals surface area contributed by atoms with Crippen LogP contribution in [0.4, 0.5) is 0 Å². The predicted molar refractivity (Wildman–Crippen MR) is 148 cm³/mol. The summed E-state index contributed by atoms with van der Waals surface area (Å²) in [5, 5.41) is 2.71. The highest BCUT2D eigenvalue weighted by atomic mass is 16.5. The van der Waals surface area contributed by atoms with Gasteiger partial charge < -0.3 is 9.47 Å². The van der Waals surface area contributed by atoms with Crippen molar-refractivity contribution < 1.29 is 9.47 Å². The Morgan fingerprint density at radius 3 is 2.30 bits per heavy atom. The fourth-order valence-corrected chi connectivity index (χ4v) is 7.46. The number of fused-ring (bicyclic) bond motifs is 8. The molecule has 0 aliphatic carbocycles. The van der Waals surface area contributed by atoms with Crippen LogP contribution in [0.2, 0.25) is 0 Å². The van der Waals surface area contributed by atoms with E-state index in [-0.39, 0.29) is 0 Å². The zero-order chi connectivity index (χ0) is 25.1. The molecule has 4 aromatic rings. The van der Waals surface area contributed by atoms with Gasteiger partial charge in [0, 0.05) is 24.7 Å². The van der Waals surface area contributed by atoms with Crippen molar-refractivity contribution in [3.8, 4) is 11.5 Å². The summed E-state index contributed by atoms with van der Waals surface area (Å²) in [4.78, 5) is 5.53. The molecule has 3 heterocycles. The molecule has 188 valence electrons. The van der Waals surface area contributed by atoms with E-state index < -0.39 is 0 Å². The molecule has 1 fully saturated rings. The van der Waals surface area contributed by atoms with Gasteiger partial charge in [-0.3, -0.25) is 9.80 Å². The quantitative estimate of drug-likeness (QED) is 0.361. The lowest BCUT2D eigenvalue weighted by molar-refractivity contribution is -0.0709. The zero-order valence-electron chi connectivity index (χ0n) is 21.9. The molecule has 1 saturated heterocycles. The lowest BCUT2D eigenvalue weighted by Crippen LogP contribution is -2.67. The Kier molecular flexibility index (Phi) is 5.49. The van der Waals surface area contributed by atoms with Crippen LogP contribution in [0.3, 0.4) is 0 Å². The van der Waals surface area contributed by atoms with Crippen LogP contribution in [0.5, 0.6) is 11.5 Å². The standard InChI is InChI=1S/C33H34N2O2/c1-34-28-17-25-18-31(36-2)32(37-3)19-27(25)33(34)30-15-22-10-4-5-11-24(22)20-35(30)29(28)16-23-13-8-12-21-9-6-7-14-26(21)23/h4-14,18-19,28-30,33H,15-17,20H2,1-3H3/t28-,29-,30+,33+/m0/s1. The summed E-state index contributed by atoms with van der Waals surface area (Å²) in [6.07, 6.45) is 3.13. The molecule has 0 aromatic heterocycles. The minimum atomic E-state index is 0.325. The van der Waals surface area contributed by atoms with Crippen molar-refractivity contribution >= 4 is 10.8 Å². The third kappa shape index (κ3) is 3.58. The number of rotatable bonds is 4. The van der Waals surface area contributed by atoms with Crippen LogP contribution >= 0.6 is 0 Å². The third-order valence-electron chi connectivity index (χ3n) is 9.22. The highest BCUT2D eigenvalue weighted by Gasteiger charge is 2.51. The SMILES string of the molecule is COc1cc2c(cc1OC)[C@@H]1[C@H]3Cc4ccccc4CN3[C@@H](Cc3cccc4ccccc34)[C@H](C2)N1C. The number of likely N-dealkylation sites (N-methyl/N-ethyl adjacent to an activating group) is 1. The van der Waals surface area contributed by atoms with Crippen LogP contribution < -0.4 is 9.47 Å². The largest absolute Gasteiger partial charge is 0.493 e. The molecule has 4 atom stereocenters. The van der Waals surface area contributed by atoms with Crippen LogP contribution in [-0.4, -0.2) is 49.2 Å². The lowest BCUT2D eigenvalue weighted by Gasteiger charge is -2.59. The second-order valence-electron chi connectivity index (χ2n) is 10.9. The summed E-state index contributed by atoms with van der Waals surface area (Å²) < 4.78 is 11.5. The molecule has 37 heavy (non-hydrogen) atoms. The van der Waals surface area contributed by atoms with Gasteiger partial charge >= 0.3 is 0 Å². The highest BCUT2D eigenvalue weighted by Crippen LogP contribution is 2.49. The molecule has 0 N–H and O–H groups in total. The summed E-state index contributed by atoms with van der Waals surface area (Å²) in [6, 6.07) is 30.8. The minimum Gasteiger partial charge on any atom is -0.493 e. The lowest BCUT2D eigenvalue weighted by atomic mass is 9.73. The highest BCUT2D eigenvalue weighted by molar-refractivity contribution is 5.85. The van der Waals surface area contributed by atoms with Gasteiger partial charge in [-0.15, -0.1) is 0 Å². The Morgan fingerprint density at radius 1 is 0.757 bits per heavy atom. The van der Waals surface area contributed by atoms with Crippen LogP contribution in [0.15, 0.2) is 78.9 Å². The number of methoxy groups -OCH3 is 2. The Morgan fingerprint density at radius 2 is 1.46 bits per heavy atom. The van der Waals surface area contributed by atoms with Crippen molar-refractivity contribution in [1.82, 2.24) is 9.80 Å². The second kappa shape index (κ2) is 8.90. The molecule has 0 saturated carbocycles. The second-order valence-corrected chi connectivity index (χ2v) is 10.9. The molecular formula is C33H34N2O2. The maximum Gasteiger partial charge on any atom is 0.161 e. The Balaban J connectivity index is 1.37. The van der Waals surface area contributed by atoms with Gasteiger partial charge in [0.15, 0.2) is 11.5 Å². The van der Waals surface area contributed by atoms with Gasteiger partial charge in [0.1, 0.15) is 0 Å². The maximum atomic E-state index is 5.75. The molecule has 4 nitrogen and oxygen atoms in total. The molecule has 4 aromatic carbocycles. The predicted octanol–water partition coefficient (Wildman–Crippen LogP) is 5.81. The summed E-state index contributed by atoms with van der Waals surface area (Å²) in [7, 11) is 5.83. The van der Waals surface area contributed by atoms with E-state index in [1.807, 2.05) is 0 Å². The smallest absolute Gasteiger partial charge is 0.161 e. The number of nitrogens with zero attached hydrogens (tertiary/aromatic N) is 2. The number of benzene rings is 4. The molecule has 0 amide bonds. The summed E-state index contributed by atoms with van der Waals surface area (Å²) in [5.41, 5.74) is 7.23. The van der Waals surface area contributed by atoms with Crippen molar-refractivity contribution in [3.05, 3.63) is 107 Å². The summed E-state index contributed by atoms with van der Waals surface area (Å²) >= 11 is 0. The van der Waals surface area contributed by atoms with Gasteiger partial charge in [0.25, 0.3) is 0 Å². The van der Waals surface area contributed by atoms with Crippen molar-refractivity contribution in [2.45, 2.75) is 50.0 Å². The zero-order valence-corrected chi connectivity index (χ0v) is 21.9. The van der Waals surface area contributed by atoms with Crippen molar-refractivity contribution in [1.29, 1.82) is 0 Å². The molecule has 0 radical (unpaired) electrons. The molecule has 4 heteroatoms. The summed E-state index contributed by atoms with van der Waals surface area (Å²) in [5.74, 6) is 1.66. The van der Waals surface area contributed by atoms with Gasteiger partial charge in [-0.1, -0.05) is 66.7 Å². The van der Waals surface area contributed by atoms with Crippen molar-refractivity contribution in [2.75, 3.05) is 21.3 Å². The minimum absolute atomic E-state index is 0.325. The Bertz CT molecular complexity index is 1480. The van der Waals surface area contributed by atoms with Crippen molar-refractivity contribution in [3.63, 3.8) is 0 Å². The number of piperazine rings is 1. The van der Waals surface area contributed by atoms with E-state index in [0.717, 1.165) is 37.3 Å². The first-order valence-electron chi connectivity index (χ1n) is 13.4. The fraction of sp³-hybridized carbons (Fsp3) is 0.333. The maximum absolute atomic E-state index is 5.75. The normalized spacial score (nSPS) is 24.7. The molecule has 7 rings (SSSR count). The van der Waals surface area contributed by atoms with Gasteiger partial charge in [-0.2, -0.15) is 0 Å². The van der Waals surface area contributed by atoms with Gasteiger partial charge in [-0.25, -0.2) is 0 Å². The molecule has 3 aliphatic heterocycles. The van der Waals surface area contributed by atoms with Crippen LogP contribution in [0, 0.1) is 0 Å². The fourth-order valence-electron chi connectivity index (χ4n) is 7.46. The average molecular weight is 491 g/mol. The molecule has 2 bridgehead atoms. The Labute approximate surface area is 219 Å². The van der Waals surface area contributed by atoms with E-state index in [1.165, 1.54) is 38.6 Å². The number of hydrogen-bond acceptors (Lipinski definition) is 4. The molecule has 3 aliphatic rings. The van der Waals surface area contributed by atoms with Gasteiger partial charge in [0.2, 0.25) is 0 Å². The van der Waals surface area contributed by atoms with E-state index in [0.29, 0.717) is 24.2 Å². The van der Waals surface area contributed by atoms with Gasteiger partial charge in [0.05, 0.1) is 20.3 Å². The van der Waals surface area contributed by atoms with E-state index in [4.69, 9.17) is 9.47 Å². The van der Waals surface area contributed by atoms with E-state index >= 15 is 0 Å². The van der Waals surface area contributed by atoms with E-state index in [2.05, 4.69) is 95.7 Å². The van der Waals surface area contributed by atoms with Crippen molar-refractivity contribution in [2.24, 2.45) is 0 Å². The first kappa shape index (κ1) is 22.8. The summed E-state index contributed by atoms with van der Waals surface area (Å²) in [6.45, 7) is 1.01. The molecular weight excluding hydrogens is 456 g/mol. The molecule has 0 unspecified atom stereocenters. The Hall–Kier alpha value is -3.34. The number of ether oxygens (including phenoxy) is 2. The first-order chi connectivity index (χ1) is 18.2. The molecule has 0 spiro atoms. The first-order valence-corrected chi connectivity index (χ1v) is 13.4. The topological polar surface area (TPSA) is 24.9 Å². The monoisotopic (exact) mass is 490 g/mol. The van der Waals surface area contributed by atoms with Gasteiger partial charge in [-0.05, 0) is 77.0 Å². The van der Waals surface area contributed by atoms with Crippen LogP contribution in [0.25, 0.3) is 10.8 Å². The van der Waals surface area contributed by atoms with E-state index in [9.17, 15) is 0 Å². The third-order valence-corrected chi connectivity index (χ3v) is 9.22. The van der Waals surface area contributed by atoms with Crippen LogP contribution in [-0.2, 0) is 25.8 Å².